The molecule has 0 spiro atoms. The Bertz CT molecular complexity index is 1500. The molecule has 12 heteroatoms. The highest BCUT2D eigenvalue weighted by Crippen LogP contribution is 2.34. The van der Waals surface area contributed by atoms with Crippen LogP contribution in [0.3, 0.4) is 0 Å². The van der Waals surface area contributed by atoms with Gasteiger partial charge < -0.3 is 9.47 Å². The van der Waals surface area contributed by atoms with Gasteiger partial charge in [0.1, 0.15) is 29.9 Å². The Kier molecular flexibility index (Phi) is 9.82. The summed E-state index contributed by atoms with van der Waals surface area (Å²) in [6, 6.07) is 25.0. The van der Waals surface area contributed by atoms with Crippen LogP contribution < -0.4 is 0 Å². The van der Waals surface area contributed by atoms with E-state index in [0.29, 0.717) is 11.1 Å². The van der Waals surface area contributed by atoms with Crippen LogP contribution in [0.4, 0.5) is 4.79 Å². The number of hydrogen-bond acceptors (Lipinski definition) is 9. The van der Waals surface area contributed by atoms with Crippen LogP contribution in [0.15, 0.2) is 91.0 Å². The summed E-state index contributed by atoms with van der Waals surface area (Å²) in [6.45, 7) is 2.21. The topological polar surface area (TPSA) is 126 Å². The maximum absolute atomic E-state index is 13.3. The molecular weight excluding hydrogens is 570 g/mol. The van der Waals surface area contributed by atoms with Crippen LogP contribution in [-0.2, 0) is 56.2 Å². The Hall–Kier alpha value is -3.29. The van der Waals surface area contributed by atoms with Gasteiger partial charge in [-0.25, -0.2) is 4.79 Å². The molecule has 0 aliphatic carbocycles. The highest BCUT2D eigenvalue weighted by Gasteiger charge is 2.51. The predicted octanol–water partition coefficient (Wildman–Crippen LogP) is 4.22. The maximum atomic E-state index is 13.3. The van der Waals surface area contributed by atoms with Crippen molar-refractivity contribution in [3.8, 4) is 0 Å². The highest BCUT2D eigenvalue weighted by molar-refractivity contribution is 7.86. The molecule has 1 aliphatic heterocycles. The lowest BCUT2D eigenvalue weighted by molar-refractivity contribution is -0.0780. The first kappa shape index (κ1) is 30.7. The van der Waals surface area contributed by atoms with Gasteiger partial charge in [0.05, 0.1) is 19.3 Å². The van der Waals surface area contributed by atoms with Crippen LogP contribution in [-0.4, -0.2) is 58.9 Å². The van der Waals surface area contributed by atoms with Gasteiger partial charge in [-0.2, -0.15) is 16.8 Å². The smallest absolute Gasteiger partial charge is 0.412 e. The number of amides is 1. The average Bonchev–Trinajstić information content (AvgIpc) is 3.20. The SMILES string of the molecule is CC1(C)O[C@H](COS(=O)(=O)Cc2ccccc2)[C@@H](COS(=O)(=O)Cc2ccccc2)N1C(=O)OCc1ccccc1. The molecule has 1 saturated heterocycles. The summed E-state index contributed by atoms with van der Waals surface area (Å²) in [5.41, 5.74) is 0.533. The van der Waals surface area contributed by atoms with Gasteiger partial charge in [-0.3, -0.25) is 13.3 Å². The van der Waals surface area contributed by atoms with E-state index in [0.717, 1.165) is 5.56 Å². The van der Waals surface area contributed by atoms with E-state index in [9.17, 15) is 21.6 Å². The van der Waals surface area contributed by atoms with Gasteiger partial charge in [0, 0.05) is 0 Å². The number of carbonyl (C=O) groups is 1. The van der Waals surface area contributed by atoms with Crippen molar-refractivity contribution in [2.45, 2.75) is 49.8 Å². The fraction of sp³-hybridized carbons (Fsp3) is 0.345. The molecule has 0 saturated carbocycles. The molecule has 41 heavy (non-hydrogen) atoms. The third-order valence-corrected chi connectivity index (χ3v) is 8.75. The Morgan fingerprint density at radius 1 is 0.732 bits per heavy atom. The molecule has 0 aromatic heterocycles. The summed E-state index contributed by atoms with van der Waals surface area (Å²) >= 11 is 0. The molecule has 220 valence electrons. The van der Waals surface area contributed by atoms with Crippen LogP contribution in [0.1, 0.15) is 30.5 Å². The minimum Gasteiger partial charge on any atom is -0.444 e. The molecule has 4 rings (SSSR count). The van der Waals surface area contributed by atoms with Gasteiger partial charge in [0.2, 0.25) is 0 Å². The van der Waals surface area contributed by atoms with Gasteiger partial charge in [-0.1, -0.05) is 91.0 Å². The third kappa shape index (κ3) is 8.85. The molecule has 0 bridgehead atoms. The van der Waals surface area contributed by atoms with Gasteiger partial charge in [0.25, 0.3) is 20.2 Å². The summed E-state index contributed by atoms with van der Waals surface area (Å²) in [5, 5.41) is 0. The van der Waals surface area contributed by atoms with E-state index >= 15 is 0 Å². The summed E-state index contributed by atoms with van der Waals surface area (Å²) in [5.74, 6) is -0.741. The van der Waals surface area contributed by atoms with Crippen molar-refractivity contribution in [3.05, 3.63) is 108 Å². The molecule has 3 aromatic carbocycles. The van der Waals surface area contributed by atoms with E-state index < -0.39 is 57.4 Å². The van der Waals surface area contributed by atoms with Gasteiger partial charge >= 0.3 is 6.09 Å². The average molecular weight is 604 g/mol. The van der Waals surface area contributed by atoms with Crippen LogP contribution >= 0.6 is 0 Å². The molecular formula is C29H33NO9S2. The number of hydrogen-bond donors (Lipinski definition) is 0. The summed E-state index contributed by atoms with van der Waals surface area (Å²) in [4.78, 5) is 14.5. The zero-order valence-corrected chi connectivity index (χ0v) is 24.4. The third-order valence-electron chi connectivity index (χ3n) is 6.39. The molecule has 1 heterocycles. The molecule has 2 atom stereocenters. The van der Waals surface area contributed by atoms with E-state index in [1.807, 2.05) is 18.2 Å². The predicted molar refractivity (Wildman–Crippen MR) is 151 cm³/mol. The number of carbonyl (C=O) groups excluding carboxylic acids is 1. The molecule has 0 radical (unpaired) electrons. The number of ether oxygens (including phenoxy) is 2. The van der Waals surface area contributed by atoms with E-state index in [-0.39, 0.29) is 18.1 Å². The minimum atomic E-state index is -4.06. The molecule has 1 amide bonds. The van der Waals surface area contributed by atoms with E-state index in [1.165, 1.54) is 4.90 Å². The van der Waals surface area contributed by atoms with Crippen LogP contribution in [0.5, 0.6) is 0 Å². The fourth-order valence-electron chi connectivity index (χ4n) is 4.53. The monoisotopic (exact) mass is 603 g/mol. The quantitative estimate of drug-likeness (QED) is 0.280. The van der Waals surface area contributed by atoms with E-state index in [1.54, 1.807) is 86.6 Å². The van der Waals surface area contributed by atoms with Crippen molar-refractivity contribution in [1.29, 1.82) is 0 Å². The zero-order chi connectivity index (χ0) is 29.5. The van der Waals surface area contributed by atoms with Crippen molar-refractivity contribution in [3.63, 3.8) is 0 Å². The normalized spacial score (nSPS) is 18.7. The van der Waals surface area contributed by atoms with Crippen molar-refractivity contribution in [2.75, 3.05) is 13.2 Å². The molecule has 1 fully saturated rings. The summed E-state index contributed by atoms with van der Waals surface area (Å²) in [7, 11) is -8.09. The van der Waals surface area contributed by atoms with Crippen molar-refractivity contribution in [1.82, 2.24) is 4.90 Å². The lowest BCUT2D eigenvalue weighted by Gasteiger charge is -2.32. The van der Waals surface area contributed by atoms with E-state index in [4.69, 9.17) is 17.8 Å². The number of benzene rings is 3. The Labute approximate surface area is 241 Å². The van der Waals surface area contributed by atoms with Crippen molar-refractivity contribution in [2.24, 2.45) is 0 Å². The zero-order valence-electron chi connectivity index (χ0n) is 22.8. The lowest BCUT2D eigenvalue weighted by atomic mass is 10.1. The highest BCUT2D eigenvalue weighted by atomic mass is 32.2. The van der Waals surface area contributed by atoms with Gasteiger partial charge in [-0.15, -0.1) is 0 Å². The van der Waals surface area contributed by atoms with Crippen LogP contribution in [0.2, 0.25) is 0 Å². The Morgan fingerprint density at radius 3 is 1.66 bits per heavy atom. The van der Waals surface area contributed by atoms with Crippen LogP contribution in [0, 0.1) is 0 Å². The largest absolute Gasteiger partial charge is 0.444 e. The minimum absolute atomic E-state index is 0.0290. The Morgan fingerprint density at radius 2 is 1.17 bits per heavy atom. The van der Waals surface area contributed by atoms with E-state index in [2.05, 4.69) is 0 Å². The summed E-state index contributed by atoms with van der Waals surface area (Å²) in [6.07, 6.45) is -1.81. The standard InChI is InChI=1S/C29H33NO9S2/c1-29(2)30(28(31)36-18-23-12-6-3-7-13-23)26(19-37-40(32,33)21-24-14-8-4-9-15-24)27(39-29)20-38-41(34,35)22-25-16-10-5-11-17-25/h3-17,26-27H,18-22H2,1-2H3/t26-,27-/m1/s1. The van der Waals surface area contributed by atoms with Gasteiger partial charge in [-0.05, 0) is 30.5 Å². The first-order valence-electron chi connectivity index (χ1n) is 12.9. The van der Waals surface area contributed by atoms with Crippen molar-refractivity contribution >= 4 is 26.3 Å². The Balaban J connectivity index is 1.51. The first-order chi connectivity index (χ1) is 19.4. The second kappa shape index (κ2) is 13.1. The second-order valence-corrected chi connectivity index (χ2v) is 13.3. The second-order valence-electron chi connectivity index (χ2n) is 10.0. The molecule has 0 N–H and O–H groups in total. The fourth-order valence-corrected chi connectivity index (χ4v) is 6.58. The lowest BCUT2D eigenvalue weighted by Crippen LogP contribution is -2.50. The molecule has 0 unspecified atom stereocenters. The molecule has 1 aliphatic rings. The maximum Gasteiger partial charge on any atom is 0.412 e. The molecule has 10 nitrogen and oxygen atoms in total. The summed E-state index contributed by atoms with van der Waals surface area (Å²) < 4.78 is 73.2. The first-order valence-corrected chi connectivity index (χ1v) is 16.1. The van der Waals surface area contributed by atoms with Crippen LogP contribution in [0.25, 0.3) is 0 Å². The number of nitrogens with zero attached hydrogens (tertiary/aromatic N) is 1. The van der Waals surface area contributed by atoms with Crippen molar-refractivity contribution < 1.29 is 39.5 Å². The number of rotatable bonds is 12. The molecule has 3 aromatic rings. The van der Waals surface area contributed by atoms with Gasteiger partial charge in [0.15, 0.2) is 0 Å².